The van der Waals surface area contributed by atoms with Crippen LogP contribution in [-0.4, -0.2) is 18.5 Å². The minimum absolute atomic E-state index is 0.00694. The summed E-state index contributed by atoms with van der Waals surface area (Å²) in [7, 11) is 0. The highest BCUT2D eigenvalue weighted by Crippen LogP contribution is 2.01. The molecule has 0 saturated carbocycles. The van der Waals surface area contributed by atoms with Gasteiger partial charge < -0.3 is 11.1 Å². The van der Waals surface area contributed by atoms with Gasteiger partial charge in [-0.25, -0.2) is 0 Å². The minimum atomic E-state index is -0.257. The van der Waals surface area contributed by atoms with Crippen molar-refractivity contribution < 1.29 is 4.79 Å². The highest BCUT2D eigenvalue weighted by Gasteiger charge is 2.14. The molecule has 0 aliphatic carbocycles. The number of carbonyl (C=O) groups is 1. The molecule has 1 heterocycles. The van der Waals surface area contributed by atoms with Crippen molar-refractivity contribution in [1.82, 2.24) is 5.32 Å². The lowest BCUT2D eigenvalue weighted by Crippen LogP contribution is -2.38. The Morgan fingerprint density at radius 3 is 2.73 bits per heavy atom. The molecule has 1 fully saturated rings. The molecule has 1 rings (SSSR count). The van der Waals surface area contributed by atoms with Crippen molar-refractivity contribution in [3.8, 4) is 0 Å². The normalized spacial score (nSPS) is 24.3. The van der Waals surface area contributed by atoms with Crippen LogP contribution >= 0.6 is 0 Å². The van der Waals surface area contributed by atoms with Gasteiger partial charge in [-0.1, -0.05) is 13.8 Å². The predicted octanol–water partition coefficient (Wildman–Crippen LogP) is 0.640. The van der Waals surface area contributed by atoms with Crippen molar-refractivity contribution in [2.75, 3.05) is 6.54 Å². The maximum Gasteiger partial charge on any atom is 0.236 e. The molecule has 3 nitrogen and oxygen atoms in total. The summed E-state index contributed by atoms with van der Waals surface area (Å²) >= 11 is 0. The van der Waals surface area contributed by atoms with Crippen LogP contribution in [0.5, 0.6) is 0 Å². The molecule has 0 bridgehead atoms. The van der Waals surface area contributed by atoms with Crippen LogP contribution in [0.15, 0.2) is 0 Å². The predicted molar refractivity (Wildman–Crippen MR) is 46.2 cm³/mol. The zero-order valence-electron chi connectivity index (χ0n) is 7.39. The first-order valence-electron chi connectivity index (χ1n) is 4.34. The number of carbonyl (C=O) groups excluding carboxylic acids is 1. The van der Waals surface area contributed by atoms with Crippen LogP contribution in [0.4, 0.5) is 0 Å². The SMILES string of the molecule is CC.N[C@H]1CCCCNC1=O. The maximum atomic E-state index is 10.8. The van der Waals surface area contributed by atoms with E-state index in [1.807, 2.05) is 13.8 Å². The number of nitrogens with two attached hydrogens (primary N) is 1. The standard InChI is InChI=1S/C6H12N2O.C2H6/c7-5-3-1-2-4-8-6(5)9;1-2/h5H,1-4,7H2,(H,8,9);1-2H3/t5-;/m0./s1. The first-order chi connectivity index (χ1) is 5.30. The summed E-state index contributed by atoms with van der Waals surface area (Å²) in [6.07, 6.45) is 2.98. The van der Waals surface area contributed by atoms with E-state index in [0.29, 0.717) is 0 Å². The average Bonchev–Trinajstić information content (AvgIpc) is 2.22. The Morgan fingerprint density at radius 2 is 2.09 bits per heavy atom. The molecule has 1 aliphatic heterocycles. The molecule has 0 aromatic rings. The number of hydrogen-bond donors (Lipinski definition) is 2. The Hall–Kier alpha value is -0.570. The highest BCUT2D eigenvalue weighted by molar-refractivity contribution is 5.81. The van der Waals surface area contributed by atoms with E-state index >= 15 is 0 Å². The van der Waals surface area contributed by atoms with Gasteiger partial charge in [-0.3, -0.25) is 4.79 Å². The van der Waals surface area contributed by atoms with Crippen molar-refractivity contribution in [3.05, 3.63) is 0 Å². The molecule has 11 heavy (non-hydrogen) atoms. The lowest BCUT2D eigenvalue weighted by atomic mass is 10.1. The average molecular weight is 158 g/mol. The van der Waals surface area contributed by atoms with Gasteiger partial charge in [-0.2, -0.15) is 0 Å². The van der Waals surface area contributed by atoms with Gasteiger partial charge in [0.15, 0.2) is 0 Å². The van der Waals surface area contributed by atoms with Crippen LogP contribution < -0.4 is 11.1 Å². The smallest absolute Gasteiger partial charge is 0.236 e. The Labute approximate surface area is 68.3 Å². The number of amides is 1. The molecule has 3 heteroatoms. The monoisotopic (exact) mass is 158 g/mol. The van der Waals surface area contributed by atoms with Gasteiger partial charge in [0, 0.05) is 6.54 Å². The van der Waals surface area contributed by atoms with E-state index in [2.05, 4.69) is 5.32 Å². The number of hydrogen-bond acceptors (Lipinski definition) is 2. The zero-order valence-corrected chi connectivity index (χ0v) is 7.39. The van der Waals surface area contributed by atoms with Crippen molar-refractivity contribution in [2.45, 2.75) is 39.2 Å². The molecule has 3 N–H and O–H groups in total. The van der Waals surface area contributed by atoms with Gasteiger partial charge in [-0.05, 0) is 19.3 Å². The Bertz CT molecular complexity index is 115. The molecule has 1 saturated heterocycles. The van der Waals surface area contributed by atoms with Crippen molar-refractivity contribution in [1.29, 1.82) is 0 Å². The van der Waals surface area contributed by atoms with Crippen LogP contribution in [0.2, 0.25) is 0 Å². The van der Waals surface area contributed by atoms with E-state index in [1.54, 1.807) is 0 Å². The van der Waals surface area contributed by atoms with Crippen LogP contribution in [0.3, 0.4) is 0 Å². The largest absolute Gasteiger partial charge is 0.355 e. The van der Waals surface area contributed by atoms with E-state index in [9.17, 15) is 4.79 Å². The van der Waals surface area contributed by atoms with Crippen LogP contribution in [0.25, 0.3) is 0 Å². The van der Waals surface area contributed by atoms with Gasteiger partial charge in [0.2, 0.25) is 5.91 Å². The van der Waals surface area contributed by atoms with Crippen LogP contribution in [-0.2, 0) is 4.79 Å². The third kappa shape index (κ3) is 3.98. The molecule has 1 atom stereocenters. The van der Waals surface area contributed by atoms with Gasteiger partial charge >= 0.3 is 0 Å². The summed E-state index contributed by atoms with van der Waals surface area (Å²) in [6.45, 7) is 4.80. The molecule has 66 valence electrons. The molecule has 1 aliphatic rings. The van der Waals surface area contributed by atoms with E-state index in [1.165, 1.54) is 0 Å². The van der Waals surface area contributed by atoms with E-state index < -0.39 is 0 Å². The molecular weight excluding hydrogens is 140 g/mol. The number of nitrogens with one attached hydrogen (secondary N) is 1. The van der Waals surface area contributed by atoms with Gasteiger partial charge in [0.05, 0.1) is 6.04 Å². The molecule has 1 amide bonds. The topological polar surface area (TPSA) is 55.1 Å². The van der Waals surface area contributed by atoms with Gasteiger partial charge in [0.25, 0.3) is 0 Å². The zero-order chi connectivity index (χ0) is 8.69. The van der Waals surface area contributed by atoms with E-state index in [4.69, 9.17) is 5.73 Å². The van der Waals surface area contributed by atoms with Crippen molar-refractivity contribution >= 4 is 5.91 Å². The van der Waals surface area contributed by atoms with Crippen LogP contribution in [0, 0.1) is 0 Å². The van der Waals surface area contributed by atoms with E-state index in [-0.39, 0.29) is 11.9 Å². The van der Waals surface area contributed by atoms with E-state index in [0.717, 1.165) is 25.8 Å². The fourth-order valence-corrected chi connectivity index (χ4v) is 0.963. The fraction of sp³-hybridized carbons (Fsp3) is 0.875. The minimum Gasteiger partial charge on any atom is -0.355 e. The summed E-state index contributed by atoms with van der Waals surface area (Å²) < 4.78 is 0. The first-order valence-corrected chi connectivity index (χ1v) is 4.34. The second kappa shape index (κ2) is 6.16. The van der Waals surface area contributed by atoms with Gasteiger partial charge in [0.1, 0.15) is 0 Å². The highest BCUT2D eigenvalue weighted by atomic mass is 16.2. The quantitative estimate of drug-likeness (QED) is 0.543. The number of rotatable bonds is 0. The molecule has 0 radical (unpaired) electrons. The molecular formula is C8H18N2O. The molecule has 0 spiro atoms. The third-order valence-electron chi connectivity index (χ3n) is 1.58. The van der Waals surface area contributed by atoms with Crippen molar-refractivity contribution in [3.63, 3.8) is 0 Å². The summed E-state index contributed by atoms with van der Waals surface area (Å²) in [5.41, 5.74) is 5.47. The van der Waals surface area contributed by atoms with Crippen LogP contribution in [0.1, 0.15) is 33.1 Å². The Morgan fingerprint density at radius 1 is 1.45 bits per heavy atom. The maximum absolute atomic E-state index is 10.8. The molecule has 0 aromatic heterocycles. The summed E-state index contributed by atoms with van der Waals surface area (Å²) in [4.78, 5) is 10.8. The molecule has 0 aromatic carbocycles. The Kier molecular flexibility index (Phi) is 5.84. The third-order valence-corrected chi connectivity index (χ3v) is 1.58. The second-order valence-electron chi connectivity index (χ2n) is 2.39. The first kappa shape index (κ1) is 10.4. The second-order valence-corrected chi connectivity index (χ2v) is 2.39. The summed E-state index contributed by atoms with van der Waals surface area (Å²) in [5, 5.41) is 2.73. The lowest BCUT2D eigenvalue weighted by molar-refractivity contribution is -0.122. The van der Waals surface area contributed by atoms with Gasteiger partial charge in [-0.15, -0.1) is 0 Å². The summed E-state index contributed by atoms with van der Waals surface area (Å²) in [5.74, 6) is 0.00694. The molecule has 0 unspecified atom stereocenters. The Balaban J connectivity index is 0.000000461. The summed E-state index contributed by atoms with van der Waals surface area (Å²) in [6, 6.07) is -0.257. The lowest BCUT2D eigenvalue weighted by Gasteiger charge is -2.03. The van der Waals surface area contributed by atoms with Crippen molar-refractivity contribution in [2.24, 2.45) is 5.73 Å². The fourth-order valence-electron chi connectivity index (χ4n) is 0.963.